The molecule has 0 fully saturated rings. The fraction of sp³-hybridized carbons (Fsp3) is 0.711. The molecule has 9 heteroatoms. The molecule has 1 N–H and O–H groups in total. The lowest BCUT2D eigenvalue weighted by Gasteiger charge is -2.24. The number of hydrogen-bond donors (Lipinski definition) is 1. The van der Waals surface area contributed by atoms with Crippen molar-refractivity contribution < 1.29 is 37.3 Å². The summed E-state index contributed by atoms with van der Waals surface area (Å²) in [5.41, 5.74) is 0. The molecule has 0 bridgehead atoms. The average Bonchev–Trinajstić information content (AvgIpc) is 3.12. The number of hydrogen-bond acceptors (Lipinski definition) is 6. The number of quaternary nitrogens is 1. The summed E-state index contributed by atoms with van der Waals surface area (Å²) in [5.74, 6) is -0.444. The van der Waals surface area contributed by atoms with Crippen LogP contribution in [0.2, 0.25) is 0 Å². The minimum Gasteiger partial charge on any atom is -0.457 e. The first-order chi connectivity index (χ1) is 26.1. The van der Waals surface area contributed by atoms with Gasteiger partial charge in [0.15, 0.2) is 0 Å². The molecule has 0 heterocycles. The lowest BCUT2D eigenvalue weighted by Crippen LogP contribution is -2.37. The molecular weight excluding hydrogens is 697 g/mol. The van der Waals surface area contributed by atoms with Crippen molar-refractivity contribution in [2.45, 2.75) is 155 Å². The third kappa shape index (κ3) is 41.1. The van der Waals surface area contributed by atoms with E-state index in [0.717, 1.165) is 51.4 Å². The largest absolute Gasteiger partial charge is 0.472 e. The zero-order valence-corrected chi connectivity index (χ0v) is 36.1. The molecular formula is C45H81NO7P+. The Hall–Kier alpha value is -2.06. The number of nitrogens with zero attached hydrogens (tertiary/aromatic N) is 1. The fourth-order valence-electron chi connectivity index (χ4n) is 5.27. The quantitative estimate of drug-likeness (QED) is 0.0219. The molecule has 0 radical (unpaired) electrons. The smallest absolute Gasteiger partial charge is 0.457 e. The van der Waals surface area contributed by atoms with Gasteiger partial charge in [-0.15, -0.1) is 0 Å². The van der Waals surface area contributed by atoms with Crippen LogP contribution in [0.1, 0.15) is 149 Å². The van der Waals surface area contributed by atoms with Crippen molar-refractivity contribution in [1.29, 1.82) is 0 Å². The number of phosphoric ester groups is 1. The number of likely N-dealkylation sites (N-methyl/N-ethyl adjacent to an activating group) is 1. The molecule has 0 aromatic heterocycles. The highest BCUT2D eigenvalue weighted by Gasteiger charge is 2.26. The van der Waals surface area contributed by atoms with Crippen molar-refractivity contribution in [3.63, 3.8) is 0 Å². The molecule has 8 nitrogen and oxygen atoms in total. The van der Waals surface area contributed by atoms with E-state index < -0.39 is 19.9 Å². The number of phosphoric acid groups is 1. The molecule has 0 rings (SSSR count). The van der Waals surface area contributed by atoms with Crippen LogP contribution in [0.15, 0.2) is 72.9 Å². The van der Waals surface area contributed by atoms with Gasteiger partial charge in [-0.25, -0.2) is 4.57 Å². The molecule has 0 aliphatic carbocycles. The van der Waals surface area contributed by atoms with Crippen molar-refractivity contribution >= 4 is 13.8 Å². The molecule has 0 amide bonds. The SMILES string of the molecule is CC/C=C\C/C=C\C/C=C\C/C=C\C/C=C\CC(=O)OC(COCCCCCCCC/C=C\CCCCCCCCC)COP(=O)(O)OCC[N+](C)(C)C. The molecule has 0 aliphatic heterocycles. The van der Waals surface area contributed by atoms with E-state index in [4.69, 9.17) is 18.5 Å². The van der Waals surface area contributed by atoms with Crippen molar-refractivity contribution in [2.24, 2.45) is 0 Å². The predicted molar refractivity (Wildman–Crippen MR) is 228 cm³/mol. The maximum Gasteiger partial charge on any atom is 0.472 e. The minimum absolute atomic E-state index is 0.0678. The lowest BCUT2D eigenvalue weighted by atomic mass is 10.1. The van der Waals surface area contributed by atoms with Crippen LogP contribution in [-0.2, 0) is 27.9 Å². The fourth-order valence-corrected chi connectivity index (χ4v) is 6.01. The highest BCUT2D eigenvalue weighted by molar-refractivity contribution is 7.47. The van der Waals surface area contributed by atoms with E-state index in [2.05, 4.69) is 74.6 Å². The van der Waals surface area contributed by atoms with Gasteiger partial charge in [-0.05, 0) is 64.2 Å². The molecule has 0 saturated heterocycles. The Kier molecular flexibility index (Phi) is 36.4. The van der Waals surface area contributed by atoms with Gasteiger partial charge in [0, 0.05) is 6.61 Å². The van der Waals surface area contributed by atoms with Crippen LogP contribution in [0.3, 0.4) is 0 Å². The second kappa shape index (κ2) is 37.8. The normalized spacial score (nSPS) is 14.6. The van der Waals surface area contributed by atoms with E-state index in [-0.39, 0.29) is 26.2 Å². The highest BCUT2D eigenvalue weighted by Crippen LogP contribution is 2.43. The van der Waals surface area contributed by atoms with Crippen LogP contribution in [-0.4, -0.2) is 75.6 Å². The molecule has 312 valence electrons. The summed E-state index contributed by atoms with van der Waals surface area (Å²) in [7, 11) is 1.60. The molecule has 0 aromatic rings. The Morgan fingerprint density at radius 1 is 0.593 bits per heavy atom. The first kappa shape index (κ1) is 51.9. The molecule has 2 atom stereocenters. The van der Waals surface area contributed by atoms with Crippen molar-refractivity contribution in [1.82, 2.24) is 0 Å². The Morgan fingerprint density at radius 3 is 1.59 bits per heavy atom. The monoisotopic (exact) mass is 779 g/mol. The van der Waals surface area contributed by atoms with E-state index >= 15 is 0 Å². The van der Waals surface area contributed by atoms with Crippen LogP contribution in [0.5, 0.6) is 0 Å². The Bertz CT molecular complexity index is 1090. The maximum atomic E-state index is 12.6. The zero-order chi connectivity index (χ0) is 39.9. The first-order valence-electron chi connectivity index (χ1n) is 21.2. The van der Waals surface area contributed by atoms with Gasteiger partial charge in [-0.2, -0.15) is 0 Å². The van der Waals surface area contributed by atoms with Gasteiger partial charge in [0.05, 0.1) is 40.8 Å². The molecule has 0 saturated carbocycles. The van der Waals surface area contributed by atoms with Gasteiger partial charge in [-0.3, -0.25) is 13.8 Å². The van der Waals surface area contributed by atoms with Gasteiger partial charge in [0.1, 0.15) is 19.3 Å². The zero-order valence-electron chi connectivity index (χ0n) is 35.2. The van der Waals surface area contributed by atoms with Crippen molar-refractivity contribution in [3.8, 4) is 0 Å². The van der Waals surface area contributed by atoms with E-state index in [1.807, 2.05) is 27.2 Å². The number of unbranched alkanes of at least 4 members (excludes halogenated alkanes) is 13. The number of carbonyl (C=O) groups excluding carboxylic acids is 1. The summed E-state index contributed by atoms with van der Waals surface area (Å²) in [4.78, 5) is 22.8. The number of esters is 1. The Labute approximate surface area is 332 Å². The van der Waals surface area contributed by atoms with Crippen LogP contribution in [0, 0.1) is 0 Å². The molecule has 0 aromatic carbocycles. The van der Waals surface area contributed by atoms with E-state index in [1.165, 1.54) is 77.0 Å². The second-order valence-electron chi connectivity index (χ2n) is 15.0. The predicted octanol–water partition coefficient (Wildman–Crippen LogP) is 12.3. The lowest BCUT2D eigenvalue weighted by molar-refractivity contribution is -0.870. The summed E-state index contributed by atoms with van der Waals surface area (Å²) in [6.45, 7) is 5.34. The van der Waals surface area contributed by atoms with Gasteiger partial charge >= 0.3 is 13.8 Å². The van der Waals surface area contributed by atoms with Gasteiger partial charge < -0.3 is 18.9 Å². The standard InChI is InChI=1S/C45H80NO7P/c1-6-8-10-12-14-16-18-20-22-23-25-27-29-31-33-35-37-40-50-42-44(43-52-54(48,49)51-41-39-46(3,4)5)53-45(47)38-36-34-32-30-28-26-24-21-19-17-15-13-11-9-7-2/h9,11,15,17,21-24,28,30,34,36,44H,6-8,10,12-14,16,18-20,25-27,29,31-33,35,37-43H2,1-5H3/p+1/b11-9-,17-15-,23-22-,24-21-,30-28-,36-34-. The first-order valence-corrected chi connectivity index (χ1v) is 22.7. The average molecular weight is 779 g/mol. The number of rotatable bonds is 38. The topological polar surface area (TPSA) is 91.3 Å². The summed E-state index contributed by atoms with van der Waals surface area (Å²) in [5, 5.41) is 0. The van der Waals surface area contributed by atoms with Gasteiger partial charge in [0.2, 0.25) is 0 Å². The van der Waals surface area contributed by atoms with Gasteiger partial charge in [-0.1, -0.05) is 151 Å². The summed E-state index contributed by atoms with van der Waals surface area (Å²) in [6, 6.07) is 0. The van der Waals surface area contributed by atoms with E-state index in [9.17, 15) is 14.3 Å². The number of allylic oxidation sites excluding steroid dienone is 11. The molecule has 0 aliphatic rings. The minimum atomic E-state index is -4.30. The van der Waals surface area contributed by atoms with Crippen LogP contribution >= 0.6 is 7.82 Å². The van der Waals surface area contributed by atoms with E-state index in [1.54, 1.807) is 6.08 Å². The Balaban J connectivity index is 4.40. The van der Waals surface area contributed by atoms with Crippen LogP contribution in [0.25, 0.3) is 0 Å². The van der Waals surface area contributed by atoms with Gasteiger partial charge in [0.25, 0.3) is 0 Å². The third-order valence-electron chi connectivity index (χ3n) is 8.53. The number of ether oxygens (including phenoxy) is 2. The van der Waals surface area contributed by atoms with Crippen molar-refractivity contribution in [2.75, 3.05) is 54.1 Å². The Morgan fingerprint density at radius 2 is 1.07 bits per heavy atom. The molecule has 0 spiro atoms. The second-order valence-corrected chi connectivity index (χ2v) is 16.5. The van der Waals surface area contributed by atoms with Crippen LogP contribution in [0.4, 0.5) is 0 Å². The number of carbonyl (C=O) groups is 1. The van der Waals surface area contributed by atoms with E-state index in [0.29, 0.717) is 17.6 Å². The third-order valence-corrected chi connectivity index (χ3v) is 9.52. The summed E-state index contributed by atoms with van der Waals surface area (Å²) >= 11 is 0. The maximum absolute atomic E-state index is 12.6. The molecule has 54 heavy (non-hydrogen) atoms. The highest BCUT2D eigenvalue weighted by atomic mass is 31.2. The van der Waals surface area contributed by atoms with Crippen molar-refractivity contribution in [3.05, 3.63) is 72.9 Å². The summed E-state index contributed by atoms with van der Waals surface area (Å²) in [6.07, 6.45) is 48.2. The summed E-state index contributed by atoms with van der Waals surface area (Å²) < 4.78 is 34.8. The molecule has 2 unspecified atom stereocenters. The van der Waals surface area contributed by atoms with Crippen LogP contribution < -0.4 is 0 Å².